The van der Waals surface area contributed by atoms with E-state index in [1.165, 1.54) is 6.07 Å². The molecule has 0 aliphatic carbocycles. The number of halogens is 1. The molecule has 0 saturated carbocycles. The summed E-state index contributed by atoms with van der Waals surface area (Å²) in [5, 5.41) is 2.77. The van der Waals surface area contributed by atoms with Gasteiger partial charge in [0.1, 0.15) is 5.82 Å². The Morgan fingerprint density at radius 3 is 2.45 bits per heavy atom. The summed E-state index contributed by atoms with van der Waals surface area (Å²) in [5.74, 6) is -0.419. The summed E-state index contributed by atoms with van der Waals surface area (Å²) in [5.41, 5.74) is 0.576. The van der Waals surface area contributed by atoms with Gasteiger partial charge in [0.15, 0.2) is 0 Å². The Labute approximate surface area is 121 Å². The molecular weight excluding hydrogens is 255 g/mol. The normalized spacial score (nSPS) is 11.6. The number of hydrogen-bond acceptors (Lipinski definition) is 2. The van der Waals surface area contributed by atoms with Gasteiger partial charge in [-0.1, -0.05) is 20.8 Å². The van der Waals surface area contributed by atoms with Crippen molar-refractivity contribution in [3.8, 4) is 0 Å². The summed E-state index contributed by atoms with van der Waals surface area (Å²) in [4.78, 5) is 13.9. The summed E-state index contributed by atoms with van der Waals surface area (Å²) in [6.07, 6.45) is 0.732. The van der Waals surface area contributed by atoms with Crippen LogP contribution >= 0.6 is 0 Å². The maximum absolute atomic E-state index is 14.1. The summed E-state index contributed by atoms with van der Waals surface area (Å²) in [7, 11) is 1.85. The molecule has 0 heterocycles. The standard InChI is InChI=1S/C16H25FN2O/c1-7-16(4,5)15(20)18-12-8-9-14(13(17)10-12)19(6)11(2)3/h8-11H,7H2,1-6H3,(H,18,20). The summed E-state index contributed by atoms with van der Waals surface area (Å²) < 4.78 is 14.1. The molecular formula is C16H25FN2O. The van der Waals surface area contributed by atoms with Crippen LogP contribution in [0.1, 0.15) is 41.0 Å². The topological polar surface area (TPSA) is 32.3 Å². The SMILES string of the molecule is CCC(C)(C)C(=O)Nc1ccc(N(C)C(C)C)c(F)c1. The number of rotatable bonds is 5. The fourth-order valence-electron chi connectivity index (χ4n) is 1.61. The lowest BCUT2D eigenvalue weighted by atomic mass is 9.89. The van der Waals surface area contributed by atoms with Crippen molar-refractivity contribution in [2.75, 3.05) is 17.3 Å². The second-order valence-electron chi connectivity index (χ2n) is 6.06. The van der Waals surface area contributed by atoms with Crippen LogP contribution in [0, 0.1) is 11.2 Å². The van der Waals surface area contributed by atoms with Gasteiger partial charge >= 0.3 is 0 Å². The number of anilines is 2. The highest BCUT2D eigenvalue weighted by Gasteiger charge is 2.25. The Hall–Kier alpha value is -1.58. The summed E-state index contributed by atoms with van der Waals surface area (Å²) >= 11 is 0. The van der Waals surface area contributed by atoms with Crippen LogP contribution < -0.4 is 10.2 Å². The van der Waals surface area contributed by atoms with Crippen molar-refractivity contribution in [1.82, 2.24) is 0 Å². The second kappa shape index (κ2) is 6.25. The highest BCUT2D eigenvalue weighted by atomic mass is 19.1. The van der Waals surface area contributed by atoms with Crippen LogP contribution in [-0.2, 0) is 4.79 Å². The van der Waals surface area contributed by atoms with E-state index in [-0.39, 0.29) is 17.8 Å². The summed E-state index contributed by atoms with van der Waals surface area (Å²) in [6.45, 7) is 9.71. The predicted molar refractivity (Wildman–Crippen MR) is 82.6 cm³/mol. The highest BCUT2D eigenvalue weighted by molar-refractivity contribution is 5.94. The van der Waals surface area contributed by atoms with Crippen molar-refractivity contribution in [3.05, 3.63) is 24.0 Å². The van der Waals surface area contributed by atoms with E-state index in [0.29, 0.717) is 11.4 Å². The third-order valence-electron chi connectivity index (χ3n) is 3.86. The van der Waals surface area contributed by atoms with Gasteiger partial charge in [-0.25, -0.2) is 4.39 Å². The van der Waals surface area contributed by atoms with E-state index in [4.69, 9.17) is 0 Å². The molecule has 4 heteroatoms. The van der Waals surface area contributed by atoms with Crippen molar-refractivity contribution in [2.24, 2.45) is 5.41 Å². The Bertz CT molecular complexity index is 483. The molecule has 1 aromatic rings. The zero-order valence-corrected chi connectivity index (χ0v) is 13.2. The molecule has 0 fully saturated rings. The van der Waals surface area contributed by atoms with Crippen LogP contribution in [0.4, 0.5) is 15.8 Å². The maximum atomic E-state index is 14.1. The van der Waals surface area contributed by atoms with Crippen molar-refractivity contribution in [3.63, 3.8) is 0 Å². The van der Waals surface area contributed by atoms with Gasteiger partial charge < -0.3 is 10.2 Å². The first-order valence-electron chi connectivity index (χ1n) is 7.03. The lowest BCUT2D eigenvalue weighted by Crippen LogP contribution is -2.30. The van der Waals surface area contributed by atoms with E-state index < -0.39 is 5.41 Å². The minimum Gasteiger partial charge on any atom is -0.370 e. The molecule has 0 bridgehead atoms. The zero-order valence-electron chi connectivity index (χ0n) is 13.2. The molecule has 112 valence electrons. The molecule has 20 heavy (non-hydrogen) atoms. The molecule has 0 aliphatic rings. The smallest absolute Gasteiger partial charge is 0.230 e. The van der Waals surface area contributed by atoms with Crippen LogP contribution in [0.15, 0.2) is 18.2 Å². The Morgan fingerprint density at radius 2 is 2.00 bits per heavy atom. The molecule has 0 unspecified atom stereocenters. The minimum atomic E-state index is -0.454. The molecule has 1 aromatic carbocycles. The second-order valence-corrected chi connectivity index (χ2v) is 6.06. The van der Waals surface area contributed by atoms with Gasteiger partial charge in [-0.3, -0.25) is 4.79 Å². The van der Waals surface area contributed by atoms with Gasteiger partial charge in [-0.2, -0.15) is 0 Å². The number of amides is 1. The first-order valence-corrected chi connectivity index (χ1v) is 7.03. The lowest BCUT2D eigenvalue weighted by Gasteiger charge is -2.25. The number of carbonyl (C=O) groups excluding carboxylic acids is 1. The quantitative estimate of drug-likeness (QED) is 0.882. The monoisotopic (exact) mass is 280 g/mol. The molecule has 0 spiro atoms. The molecule has 0 radical (unpaired) electrons. The first-order chi connectivity index (χ1) is 9.19. The summed E-state index contributed by atoms with van der Waals surface area (Å²) in [6, 6.07) is 5.02. The molecule has 1 rings (SSSR count). The minimum absolute atomic E-state index is 0.0932. The predicted octanol–water partition coefficient (Wildman–Crippen LogP) is 4.05. The van der Waals surface area contributed by atoms with E-state index in [0.717, 1.165) is 6.42 Å². The lowest BCUT2D eigenvalue weighted by molar-refractivity contribution is -0.124. The molecule has 1 N–H and O–H groups in total. The zero-order chi connectivity index (χ0) is 15.5. The van der Waals surface area contributed by atoms with E-state index in [2.05, 4.69) is 5.32 Å². The first kappa shape index (κ1) is 16.5. The van der Waals surface area contributed by atoms with Crippen LogP contribution in [-0.4, -0.2) is 19.0 Å². The van der Waals surface area contributed by atoms with Gasteiger partial charge in [0.2, 0.25) is 5.91 Å². The fourth-order valence-corrected chi connectivity index (χ4v) is 1.61. The van der Waals surface area contributed by atoms with E-state index in [1.54, 1.807) is 12.1 Å². The number of carbonyl (C=O) groups is 1. The van der Waals surface area contributed by atoms with Crippen LogP contribution in [0.25, 0.3) is 0 Å². The molecule has 0 saturated heterocycles. The van der Waals surface area contributed by atoms with Gasteiger partial charge in [-0.15, -0.1) is 0 Å². The molecule has 3 nitrogen and oxygen atoms in total. The Balaban J connectivity index is 2.91. The van der Waals surface area contributed by atoms with Crippen LogP contribution in [0.2, 0.25) is 0 Å². The van der Waals surface area contributed by atoms with E-state index in [9.17, 15) is 9.18 Å². The number of nitrogens with zero attached hydrogens (tertiary/aromatic N) is 1. The van der Waals surface area contributed by atoms with Gasteiger partial charge in [0.05, 0.1) is 5.69 Å². The Kier molecular flexibility index (Phi) is 5.15. The van der Waals surface area contributed by atoms with Gasteiger partial charge in [0, 0.05) is 24.2 Å². The van der Waals surface area contributed by atoms with Crippen LogP contribution in [0.5, 0.6) is 0 Å². The van der Waals surface area contributed by atoms with Gasteiger partial charge in [-0.05, 0) is 38.5 Å². The highest BCUT2D eigenvalue weighted by Crippen LogP contribution is 2.26. The fraction of sp³-hybridized carbons (Fsp3) is 0.562. The van der Waals surface area contributed by atoms with Crippen molar-refractivity contribution < 1.29 is 9.18 Å². The largest absolute Gasteiger partial charge is 0.370 e. The number of nitrogens with one attached hydrogen (secondary N) is 1. The van der Waals surface area contributed by atoms with Crippen molar-refractivity contribution in [1.29, 1.82) is 0 Å². The van der Waals surface area contributed by atoms with E-state index in [1.807, 2.05) is 46.6 Å². The van der Waals surface area contributed by atoms with Crippen molar-refractivity contribution >= 4 is 17.3 Å². The molecule has 1 amide bonds. The number of benzene rings is 1. The van der Waals surface area contributed by atoms with E-state index >= 15 is 0 Å². The molecule has 0 aliphatic heterocycles. The van der Waals surface area contributed by atoms with Crippen LogP contribution in [0.3, 0.4) is 0 Å². The third kappa shape index (κ3) is 3.71. The average molecular weight is 280 g/mol. The van der Waals surface area contributed by atoms with Crippen molar-refractivity contribution in [2.45, 2.75) is 47.1 Å². The number of hydrogen-bond donors (Lipinski definition) is 1. The molecule has 0 aromatic heterocycles. The Morgan fingerprint density at radius 1 is 1.40 bits per heavy atom. The average Bonchev–Trinajstić information content (AvgIpc) is 2.37. The van der Waals surface area contributed by atoms with Gasteiger partial charge in [0.25, 0.3) is 0 Å². The maximum Gasteiger partial charge on any atom is 0.230 e. The molecule has 0 atom stereocenters. The third-order valence-corrected chi connectivity index (χ3v) is 3.86.